The standard InChI is InChI=1S/C11H17Cl2NO3/c1-3-17-9(15)8(2)14-7-5-4-6-11(12,13)10(14)16/h8H,3-7H2,1-2H3. The predicted octanol–water partition coefficient (Wildman–Crippen LogP) is 2.12. The molecule has 98 valence electrons. The number of amides is 1. The van der Waals surface area contributed by atoms with Crippen LogP contribution in [0.25, 0.3) is 0 Å². The molecule has 1 atom stereocenters. The lowest BCUT2D eigenvalue weighted by atomic mass is 10.2. The molecular weight excluding hydrogens is 265 g/mol. The average molecular weight is 282 g/mol. The lowest BCUT2D eigenvalue weighted by Crippen LogP contribution is -2.49. The fourth-order valence-corrected chi connectivity index (χ4v) is 2.29. The van der Waals surface area contributed by atoms with Gasteiger partial charge in [-0.1, -0.05) is 23.2 Å². The molecule has 0 spiro atoms. The molecule has 1 heterocycles. The Morgan fingerprint density at radius 2 is 2.18 bits per heavy atom. The van der Waals surface area contributed by atoms with Crippen molar-refractivity contribution in [3.63, 3.8) is 0 Å². The number of alkyl halides is 2. The molecule has 1 fully saturated rings. The van der Waals surface area contributed by atoms with Gasteiger partial charge < -0.3 is 9.64 Å². The second kappa shape index (κ2) is 5.91. The maximum absolute atomic E-state index is 12.1. The smallest absolute Gasteiger partial charge is 0.328 e. The van der Waals surface area contributed by atoms with Crippen LogP contribution in [0.3, 0.4) is 0 Å². The zero-order valence-corrected chi connectivity index (χ0v) is 11.6. The SMILES string of the molecule is CCOC(=O)C(C)N1CCCCC(Cl)(Cl)C1=O. The highest BCUT2D eigenvalue weighted by molar-refractivity contribution is 6.58. The summed E-state index contributed by atoms with van der Waals surface area (Å²) in [6, 6.07) is -0.641. The molecule has 1 aliphatic heterocycles. The molecule has 0 aromatic rings. The molecule has 1 rings (SSSR count). The van der Waals surface area contributed by atoms with Gasteiger partial charge in [0.05, 0.1) is 6.61 Å². The zero-order chi connectivity index (χ0) is 13.1. The Morgan fingerprint density at radius 3 is 2.76 bits per heavy atom. The molecule has 17 heavy (non-hydrogen) atoms. The second-order valence-electron chi connectivity index (χ2n) is 4.09. The van der Waals surface area contributed by atoms with Gasteiger partial charge in [-0.15, -0.1) is 0 Å². The van der Waals surface area contributed by atoms with Crippen LogP contribution in [0.2, 0.25) is 0 Å². The van der Waals surface area contributed by atoms with E-state index in [1.54, 1.807) is 13.8 Å². The van der Waals surface area contributed by atoms with Gasteiger partial charge in [-0.3, -0.25) is 4.79 Å². The molecule has 0 aromatic heterocycles. The lowest BCUT2D eigenvalue weighted by Gasteiger charge is -2.29. The van der Waals surface area contributed by atoms with Crippen LogP contribution in [0.5, 0.6) is 0 Å². The fraction of sp³-hybridized carbons (Fsp3) is 0.818. The van der Waals surface area contributed by atoms with E-state index >= 15 is 0 Å². The summed E-state index contributed by atoms with van der Waals surface area (Å²) in [7, 11) is 0. The van der Waals surface area contributed by atoms with E-state index in [1.165, 1.54) is 4.90 Å². The van der Waals surface area contributed by atoms with Gasteiger partial charge in [0.2, 0.25) is 0 Å². The minimum Gasteiger partial charge on any atom is -0.464 e. The van der Waals surface area contributed by atoms with Crippen molar-refractivity contribution in [1.29, 1.82) is 0 Å². The van der Waals surface area contributed by atoms with Gasteiger partial charge in [0, 0.05) is 6.54 Å². The van der Waals surface area contributed by atoms with Crippen molar-refractivity contribution in [2.75, 3.05) is 13.2 Å². The topological polar surface area (TPSA) is 46.6 Å². The van der Waals surface area contributed by atoms with E-state index in [9.17, 15) is 9.59 Å². The molecule has 0 N–H and O–H groups in total. The predicted molar refractivity (Wildman–Crippen MR) is 66.1 cm³/mol. The van der Waals surface area contributed by atoms with Crippen LogP contribution >= 0.6 is 23.2 Å². The van der Waals surface area contributed by atoms with Crippen molar-refractivity contribution >= 4 is 35.1 Å². The van der Waals surface area contributed by atoms with Gasteiger partial charge >= 0.3 is 5.97 Å². The molecular formula is C11H17Cl2NO3. The van der Waals surface area contributed by atoms with Gasteiger partial charge in [0.1, 0.15) is 6.04 Å². The van der Waals surface area contributed by atoms with Gasteiger partial charge in [-0.05, 0) is 33.1 Å². The van der Waals surface area contributed by atoms with Crippen LogP contribution in [0.1, 0.15) is 33.1 Å². The molecule has 1 amide bonds. The molecule has 1 aliphatic rings. The molecule has 0 saturated carbocycles. The van der Waals surface area contributed by atoms with E-state index in [2.05, 4.69) is 0 Å². The number of hydrogen-bond acceptors (Lipinski definition) is 3. The summed E-state index contributed by atoms with van der Waals surface area (Å²) in [5, 5.41) is 0. The number of carbonyl (C=O) groups excluding carboxylic acids is 2. The summed E-state index contributed by atoms with van der Waals surface area (Å²) in [6.45, 7) is 4.13. The van der Waals surface area contributed by atoms with Crippen molar-refractivity contribution < 1.29 is 14.3 Å². The van der Waals surface area contributed by atoms with E-state index in [1.807, 2.05) is 0 Å². The minimum absolute atomic E-state index is 0.290. The fourth-order valence-electron chi connectivity index (χ4n) is 1.81. The number of carbonyl (C=O) groups is 2. The van der Waals surface area contributed by atoms with E-state index in [0.717, 1.165) is 12.8 Å². The number of hydrogen-bond donors (Lipinski definition) is 0. The molecule has 0 bridgehead atoms. The highest BCUT2D eigenvalue weighted by Crippen LogP contribution is 2.33. The first-order chi connectivity index (χ1) is 7.90. The van der Waals surface area contributed by atoms with Crippen molar-refractivity contribution in [3.05, 3.63) is 0 Å². The van der Waals surface area contributed by atoms with Crippen LogP contribution in [0.4, 0.5) is 0 Å². The first-order valence-electron chi connectivity index (χ1n) is 5.75. The maximum Gasteiger partial charge on any atom is 0.328 e. The Morgan fingerprint density at radius 1 is 1.53 bits per heavy atom. The lowest BCUT2D eigenvalue weighted by molar-refractivity contribution is -0.154. The summed E-state index contributed by atoms with van der Waals surface area (Å²) in [6.07, 6.45) is 1.97. The van der Waals surface area contributed by atoms with Crippen LogP contribution in [-0.4, -0.2) is 40.3 Å². The minimum atomic E-state index is -1.42. The first-order valence-corrected chi connectivity index (χ1v) is 6.51. The largest absolute Gasteiger partial charge is 0.464 e. The second-order valence-corrected chi connectivity index (χ2v) is 5.57. The third kappa shape index (κ3) is 3.49. The van der Waals surface area contributed by atoms with Crippen LogP contribution < -0.4 is 0 Å². The third-order valence-corrected chi connectivity index (χ3v) is 3.51. The van der Waals surface area contributed by atoms with E-state index in [4.69, 9.17) is 27.9 Å². The van der Waals surface area contributed by atoms with Gasteiger partial charge in [-0.25, -0.2) is 4.79 Å². The summed E-state index contributed by atoms with van der Waals surface area (Å²) in [5.74, 6) is -0.828. The molecule has 0 aliphatic carbocycles. The maximum atomic E-state index is 12.1. The summed E-state index contributed by atoms with van der Waals surface area (Å²) in [4.78, 5) is 25.1. The highest BCUT2D eigenvalue weighted by atomic mass is 35.5. The third-order valence-electron chi connectivity index (χ3n) is 2.81. The molecule has 1 saturated heterocycles. The Kier molecular flexibility index (Phi) is 5.07. The van der Waals surface area contributed by atoms with Gasteiger partial charge in [0.25, 0.3) is 5.91 Å². The Balaban J connectivity index is 2.80. The van der Waals surface area contributed by atoms with Crippen LogP contribution in [0, 0.1) is 0 Å². The van der Waals surface area contributed by atoms with Gasteiger partial charge in [0.15, 0.2) is 4.33 Å². The number of ether oxygens (including phenoxy) is 1. The average Bonchev–Trinajstić information content (AvgIpc) is 2.39. The molecule has 0 aromatic carbocycles. The number of nitrogens with zero attached hydrogens (tertiary/aromatic N) is 1. The monoisotopic (exact) mass is 281 g/mol. The van der Waals surface area contributed by atoms with Crippen molar-refractivity contribution in [1.82, 2.24) is 4.90 Å². The summed E-state index contributed by atoms with van der Waals surface area (Å²) < 4.78 is 3.48. The van der Waals surface area contributed by atoms with Crippen LogP contribution in [-0.2, 0) is 14.3 Å². The number of likely N-dealkylation sites (tertiary alicyclic amines) is 1. The quantitative estimate of drug-likeness (QED) is 0.588. The van der Waals surface area contributed by atoms with Crippen molar-refractivity contribution in [2.24, 2.45) is 0 Å². The molecule has 4 nitrogen and oxygen atoms in total. The molecule has 1 unspecified atom stereocenters. The van der Waals surface area contributed by atoms with E-state index in [-0.39, 0.29) is 6.61 Å². The van der Waals surface area contributed by atoms with Crippen molar-refractivity contribution in [3.8, 4) is 0 Å². The van der Waals surface area contributed by atoms with E-state index < -0.39 is 22.3 Å². The number of esters is 1. The normalized spacial score (nSPS) is 21.9. The highest BCUT2D eigenvalue weighted by Gasteiger charge is 2.42. The summed E-state index contributed by atoms with van der Waals surface area (Å²) >= 11 is 11.9. The van der Waals surface area contributed by atoms with Crippen molar-refractivity contribution in [2.45, 2.75) is 43.5 Å². The Hall–Kier alpha value is -0.480. The summed E-state index contributed by atoms with van der Waals surface area (Å²) in [5.41, 5.74) is 0. The number of halogens is 2. The Bertz CT molecular complexity index is 307. The molecule has 0 radical (unpaired) electrons. The Labute approximate surface area is 111 Å². The number of rotatable bonds is 3. The van der Waals surface area contributed by atoms with Gasteiger partial charge in [-0.2, -0.15) is 0 Å². The first kappa shape index (κ1) is 14.6. The van der Waals surface area contributed by atoms with Crippen LogP contribution in [0.15, 0.2) is 0 Å². The zero-order valence-electron chi connectivity index (χ0n) is 10.0. The van der Waals surface area contributed by atoms with E-state index in [0.29, 0.717) is 13.0 Å². The molecule has 6 heteroatoms.